The molecule has 2 rings (SSSR count). The Morgan fingerprint density at radius 2 is 1.95 bits per heavy atom. The van der Waals surface area contributed by atoms with Crippen LogP contribution in [0.5, 0.6) is 11.5 Å². The molecule has 106 valence electrons. The molecule has 1 fully saturated rings. The lowest BCUT2D eigenvalue weighted by atomic mass is 10.2. The Bertz CT molecular complexity index is 419. The zero-order valence-electron chi connectivity index (χ0n) is 11.7. The quantitative estimate of drug-likeness (QED) is 0.788. The second kappa shape index (κ2) is 7.01. The second-order valence-corrected chi connectivity index (χ2v) is 5.23. The Labute approximate surface area is 120 Å². The highest BCUT2D eigenvalue weighted by molar-refractivity contribution is 6.31. The summed E-state index contributed by atoms with van der Waals surface area (Å²) in [6, 6.07) is 4.53. The molecule has 0 unspecified atom stereocenters. The van der Waals surface area contributed by atoms with Crippen LogP contribution < -0.4 is 14.8 Å². The molecule has 0 spiro atoms. The van der Waals surface area contributed by atoms with Crippen molar-refractivity contribution < 1.29 is 9.47 Å². The minimum atomic E-state index is 0.625. The molecule has 4 heteroatoms. The third-order valence-corrected chi connectivity index (χ3v) is 3.38. The van der Waals surface area contributed by atoms with Crippen LogP contribution in [0.2, 0.25) is 5.02 Å². The van der Waals surface area contributed by atoms with Crippen molar-refractivity contribution in [2.45, 2.75) is 45.7 Å². The van der Waals surface area contributed by atoms with Gasteiger partial charge in [0.2, 0.25) is 0 Å². The molecular formula is C15H22ClNO2. The normalized spacial score (nSPS) is 14.5. The van der Waals surface area contributed by atoms with E-state index in [1.165, 1.54) is 12.8 Å². The standard InChI is InChI=1S/C15H22ClNO2/c1-3-7-19-15-9-13(16)11(8-14(15)18-4-2)10-17-12-5-6-12/h8-9,12,17H,3-7,10H2,1-2H3. The predicted molar refractivity (Wildman–Crippen MR) is 78.3 cm³/mol. The van der Waals surface area contributed by atoms with Crippen molar-refractivity contribution >= 4 is 11.6 Å². The van der Waals surface area contributed by atoms with Crippen molar-refractivity contribution in [3.8, 4) is 11.5 Å². The molecule has 1 aliphatic rings. The highest BCUT2D eigenvalue weighted by Gasteiger charge is 2.21. The summed E-state index contributed by atoms with van der Waals surface area (Å²) in [4.78, 5) is 0. The van der Waals surface area contributed by atoms with E-state index in [1.807, 2.05) is 19.1 Å². The van der Waals surface area contributed by atoms with Gasteiger partial charge < -0.3 is 14.8 Å². The minimum absolute atomic E-state index is 0.625. The summed E-state index contributed by atoms with van der Waals surface area (Å²) in [5.41, 5.74) is 1.07. The number of hydrogen-bond acceptors (Lipinski definition) is 3. The Hall–Kier alpha value is -0.930. The predicted octanol–water partition coefficient (Wildman–Crippen LogP) is 3.78. The van der Waals surface area contributed by atoms with E-state index in [2.05, 4.69) is 12.2 Å². The van der Waals surface area contributed by atoms with E-state index in [-0.39, 0.29) is 0 Å². The van der Waals surface area contributed by atoms with Crippen LogP contribution in [0.25, 0.3) is 0 Å². The molecule has 1 saturated carbocycles. The number of nitrogens with one attached hydrogen (secondary N) is 1. The minimum Gasteiger partial charge on any atom is -0.490 e. The van der Waals surface area contributed by atoms with Crippen LogP contribution in [-0.2, 0) is 6.54 Å². The monoisotopic (exact) mass is 283 g/mol. The first-order valence-electron chi connectivity index (χ1n) is 7.06. The van der Waals surface area contributed by atoms with E-state index >= 15 is 0 Å². The number of hydrogen-bond donors (Lipinski definition) is 1. The van der Waals surface area contributed by atoms with Crippen LogP contribution in [0.1, 0.15) is 38.7 Å². The summed E-state index contributed by atoms with van der Waals surface area (Å²) < 4.78 is 11.3. The summed E-state index contributed by atoms with van der Waals surface area (Å²) in [6.45, 7) is 6.14. The van der Waals surface area contributed by atoms with Gasteiger partial charge in [0.05, 0.1) is 13.2 Å². The Balaban J connectivity index is 2.11. The van der Waals surface area contributed by atoms with Gasteiger partial charge in [-0.05, 0) is 37.8 Å². The van der Waals surface area contributed by atoms with Gasteiger partial charge in [0.25, 0.3) is 0 Å². The van der Waals surface area contributed by atoms with Crippen molar-refractivity contribution in [1.82, 2.24) is 5.32 Å². The van der Waals surface area contributed by atoms with E-state index in [9.17, 15) is 0 Å². The number of ether oxygens (including phenoxy) is 2. The van der Waals surface area contributed by atoms with E-state index < -0.39 is 0 Å². The maximum atomic E-state index is 6.31. The van der Waals surface area contributed by atoms with Crippen molar-refractivity contribution in [2.75, 3.05) is 13.2 Å². The maximum Gasteiger partial charge on any atom is 0.162 e. The van der Waals surface area contributed by atoms with E-state index in [4.69, 9.17) is 21.1 Å². The van der Waals surface area contributed by atoms with Crippen LogP contribution in [0.4, 0.5) is 0 Å². The van der Waals surface area contributed by atoms with Crippen molar-refractivity contribution in [3.63, 3.8) is 0 Å². The summed E-state index contributed by atoms with van der Waals surface area (Å²) in [5, 5.41) is 4.20. The molecule has 1 aromatic carbocycles. The molecule has 0 aliphatic heterocycles. The topological polar surface area (TPSA) is 30.5 Å². The van der Waals surface area contributed by atoms with Crippen LogP contribution in [-0.4, -0.2) is 19.3 Å². The Kier molecular flexibility index (Phi) is 5.34. The molecule has 0 atom stereocenters. The molecule has 0 heterocycles. The Morgan fingerprint density at radius 1 is 1.21 bits per heavy atom. The Morgan fingerprint density at radius 3 is 2.58 bits per heavy atom. The molecule has 1 aromatic rings. The molecule has 0 saturated heterocycles. The first-order valence-corrected chi connectivity index (χ1v) is 7.43. The summed E-state index contributed by atoms with van der Waals surface area (Å²) in [6.07, 6.45) is 3.51. The fourth-order valence-electron chi connectivity index (χ4n) is 1.85. The first-order chi connectivity index (χ1) is 9.24. The lowest BCUT2D eigenvalue weighted by Gasteiger charge is -2.15. The number of halogens is 1. The molecule has 19 heavy (non-hydrogen) atoms. The van der Waals surface area contributed by atoms with Gasteiger partial charge in [0.15, 0.2) is 11.5 Å². The molecule has 3 nitrogen and oxygen atoms in total. The van der Waals surface area contributed by atoms with Crippen LogP contribution in [0, 0.1) is 0 Å². The second-order valence-electron chi connectivity index (χ2n) is 4.83. The van der Waals surface area contributed by atoms with Crippen LogP contribution in [0.15, 0.2) is 12.1 Å². The van der Waals surface area contributed by atoms with Gasteiger partial charge in [-0.15, -0.1) is 0 Å². The van der Waals surface area contributed by atoms with Crippen molar-refractivity contribution in [3.05, 3.63) is 22.7 Å². The van der Waals surface area contributed by atoms with Gasteiger partial charge >= 0.3 is 0 Å². The maximum absolute atomic E-state index is 6.31. The van der Waals surface area contributed by atoms with Gasteiger partial charge in [-0.25, -0.2) is 0 Å². The van der Waals surface area contributed by atoms with Gasteiger partial charge in [0.1, 0.15) is 0 Å². The van der Waals surface area contributed by atoms with Gasteiger partial charge in [-0.2, -0.15) is 0 Å². The largest absolute Gasteiger partial charge is 0.490 e. The molecule has 0 aromatic heterocycles. The molecule has 0 bridgehead atoms. The van der Waals surface area contributed by atoms with Crippen molar-refractivity contribution in [2.24, 2.45) is 0 Å². The summed E-state index contributed by atoms with van der Waals surface area (Å²) >= 11 is 6.31. The first kappa shape index (κ1) is 14.5. The highest BCUT2D eigenvalue weighted by atomic mass is 35.5. The lowest BCUT2D eigenvalue weighted by molar-refractivity contribution is 0.276. The average molecular weight is 284 g/mol. The van der Waals surface area contributed by atoms with Crippen LogP contribution >= 0.6 is 11.6 Å². The molecule has 0 radical (unpaired) electrons. The van der Waals surface area contributed by atoms with Crippen LogP contribution in [0.3, 0.4) is 0 Å². The molecule has 1 aliphatic carbocycles. The zero-order valence-corrected chi connectivity index (χ0v) is 12.4. The summed E-state index contributed by atoms with van der Waals surface area (Å²) in [5.74, 6) is 1.52. The molecule has 0 amide bonds. The molecular weight excluding hydrogens is 262 g/mol. The fraction of sp³-hybridized carbons (Fsp3) is 0.600. The van der Waals surface area contributed by atoms with E-state index in [0.717, 1.165) is 35.1 Å². The third-order valence-electron chi connectivity index (χ3n) is 3.03. The average Bonchev–Trinajstić information content (AvgIpc) is 3.21. The van der Waals surface area contributed by atoms with E-state index in [1.54, 1.807) is 0 Å². The third kappa shape index (κ3) is 4.29. The zero-order chi connectivity index (χ0) is 13.7. The lowest BCUT2D eigenvalue weighted by Crippen LogP contribution is -2.15. The molecule has 1 N–H and O–H groups in total. The van der Waals surface area contributed by atoms with E-state index in [0.29, 0.717) is 19.3 Å². The van der Waals surface area contributed by atoms with Gasteiger partial charge in [-0.3, -0.25) is 0 Å². The number of rotatable bonds is 8. The van der Waals surface area contributed by atoms with Crippen molar-refractivity contribution in [1.29, 1.82) is 0 Å². The fourth-order valence-corrected chi connectivity index (χ4v) is 2.07. The SMILES string of the molecule is CCCOc1cc(Cl)c(CNC2CC2)cc1OCC. The van der Waals surface area contributed by atoms with Gasteiger partial charge in [-0.1, -0.05) is 18.5 Å². The highest BCUT2D eigenvalue weighted by Crippen LogP contribution is 2.34. The smallest absolute Gasteiger partial charge is 0.162 e. The summed E-state index contributed by atoms with van der Waals surface area (Å²) in [7, 11) is 0. The number of benzene rings is 1. The van der Waals surface area contributed by atoms with Gasteiger partial charge in [0, 0.05) is 23.7 Å².